The first-order chi connectivity index (χ1) is 10.8. The van der Waals surface area contributed by atoms with E-state index < -0.39 is 35.4 Å². The number of rotatable bonds is 2. The smallest absolute Gasteiger partial charge is 1.00 e. The molecule has 2 N–H and O–H groups in total. The summed E-state index contributed by atoms with van der Waals surface area (Å²) in [5, 5.41) is 0.475. The Morgan fingerprint density at radius 1 is 1.00 bits per heavy atom. The number of fused-ring (bicyclic) bond motifs is 3. The molecule has 0 aliphatic carbocycles. The van der Waals surface area contributed by atoms with Gasteiger partial charge >= 0.3 is 59.1 Å². The van der Waals surface area contributed by atoms with Gasteiger partial charge in [0.25, 0.3) is 20.2 Å². The maximum absolute atomic E-state index is 11.9. The number of hydrogen-bond acceptors (Lipinski definition) is 5. The standard InChI is InChI=1S/C15H15NO6S2.2Na.2H/c1-8-15(2,3)14-11(16-8)5-4-9-6-10(23(17,18)19)7-12(13(9)14)24(20,21)22;;;;/h4-7H,1-3H3,(H,17,18,19)(H,20,21,22);;;;/q;2*+1;2*-1. The van der Waals surface area contributed by atoms with E-state index in [2.05, 4.69) is 4.99 Å². The normalized spacial score (nSPS) is 15.7. The summed E-state index contributed by atoms with van der Waals surface area (Å²) in [6.45, 7) is 5.54. The average molecular weight is 417 g/mol. The zero-order valence-electron chi connectivity index (χ0n) is 17.1. The maximum Gasteiger partial charge on any atom is 1.00 e. The molecule has 0 fully saturated rings. The van der Waals surface area contributed by atoms with Crippen LogP contribution in [-0.2, 0) is 25.7 Å². The summed E-state index contributed by atoms with van der Waals surface area (Å²) >= 11 is 0. The molecule has 2 aromatic carbocycles. The van der Waals surface area contributed by atoms with Crippen LogP contribution in [0.3, 0.4) is 0 Å². The molecule has 7 nitrogen and oxygen atoms in total. The van der Waals surface area contributed by atoms with Gasteiger partial charge in [-0.2, -0.15) is 16.8 Å². The Bertz CT molecular complexity index is 1150. The zero-order valence-corrected chi connectivity index (χ0v) is 20.7. The Labute approximate surface area is 199 Å². The Morgan fingerprint density at radius 2 is 1.58 bits per heavy atom. The maximum atomic E-state index is 11.9. The van der Waals surface area contributed by atoms with Gasteiger partial charge in [0.1, 0.15) is 4.90 Å². The molecule has 132 valence electrons. The topological polar surface area (TPSA) is 121 Å². The molecule has 2 aromatic rings. The first-order valence-corrected chi connectivity index (χ1v) is 9.83. The van der Waals surface area contributed by atoms with E-state index in [1.54, 1.807) is 6.07 Å². The van der Waals surface area contributed by atoms with Crippen molar-refractivity contribution < 1.29 is 87.9 Å². The summed E-state index contributed by atoms with van der Waals surface area (Å²) in [6, 6.07) is 5.09. The summed E-state index contributed by atoms with van der Waals surface area (Å²) in [7, 11) is -9.36. The molecule has 3 rings (SSSR count). The Morgan fingerprint density at radius 3 is 2.08 bits per heavy atom. The SMILES string of the molecule is CC1=Nc2ccc3cc(S(=O)(=O)O)cc(S(=O)(=O)O)c3c2C1(C)C.[H-].[H-].[Na+].[Na+]. The molecule has 11 heteroatoms. The molecule has 0 radical (unpaired) electrons. The van der Waals surface area contributed by atoms with Crippen molar-refractivity contribution in [2.75, 3.05) is 0 Å². The summed E-state index contributed by atoms with van der Waals surface area (Å²) in [5.74, 6) is 0. The van der Waals surface area contributed by atoms with Gasteiger partial charge in [-0.05, 0) is 36.1 Å². The third-order valence-corrected chi connectivity index (χ3v) is 6.14. The van der Waals surface area contributed by atoms with Crippen molar-refractivity contribution in [2.24, 2.45) is 4.99 Å². The van der Waals surface area contributed by atoms with Crippen LogP contribution in [0.2, 0.25) is 0 Å². The van der Waals surface area contributed by atoms with Crippen LogP contribution in [0.5, 0.6) is 0 Å². The molecular formula is C15H17NNa2O6S2. The molecule has 1 heterocycles. The molecule has 0 saturated heterocycles. The van der Waals surface area contributed by atoms with Gasteiger partial charge in [-0.1, -0.05) is 19.9 Å². The minimum absolute atomic E-state index is 0. The van der Waals surface area contributed by atoms with E-state index in [-0.39, 0.29) is 72.7 Å². The fourth-order valence-electron chi connectivity index (χ4n) is 2.97. The third kappa shape index (κ3) is 3.98. The van der Waals surface area contributed by atoms with E-state index in [0.29, 0.717) is 11.3 Å². The van der Waals surface area contributed by atoms with E-state index in [1.807, 2.05) is 20.8 Å². The van der Waals surface area contributed by atoms with Gasteiger partial charge in [0, 0.05) is 16.5 Å². The van der Waals surface area contributed by atoms with Gasteiger partial charge in [0.05, 0.1) is 10.6 Å². The van der Waals surface area contributed by atoms with Gasteiger partial charge in [-0.25, -0.2) is 0 Å². The molecule has 0 bridgehead atoms. The van der Waals surface area contributed by atoms with Gasteiger partial charge < -0.3 is 2.85 Å². The Kier molecular flexibility index (Phi) is 7.03. The van der Waals surface area contributed by atoms with E-state index in [0.717, 1.165) is 11.8 Å². The second-order valence-corrected chi connectivity index (χ2v) is 9.06. The summed E-state index contributed by atoms with van der Waals surface area (Å²) in [6.07, 6.45) is 0. The average Bonchev–Trinajstić information content (AvgIpc) is 2.66. The van der Waals surface area contributed by atoms with Crippen molar-refractivity contribution >= 4 is 42.4 Å². The Hall–Kier alpha value is 0.190. The number of nitrogens with zero attached hydrogens (tertiary/aromatic N) is 1. The second kappa shape index (κ2) is 7.55. The van der Waals surface area contributed by atoms with E-state index in [1.165, 1.54) is 12.1 Å². The molecule has 0 saturated carbocycles. The molecule has 1 aliphatic heterocycles. The number of aliphatic imine (C=N–C) groups is 1. The largest absolute Gasteiger partial charge is 1.00 e. The molecule has 0 amide bonds. The molecule has 1 aliphatic rings. The Balaban J connectivity index is 0. The van der Waals surface area contributed by atoms with Crippen molar-refractivity contribution in [1.29, 1.82) is 0 Å². The first-order valence-electron chi connectivity index (χ1n) is 6.95. The van der Waals surface area contributed by atoms with Crippen molar-refractivity contribution in [3.05, 3.63) is 29.8 Å². The first kappa shape index (κ1) is 24.2. The third-order valence-electron chi connectivity index (χ3n) is 4.43. The van der Waals surface area contributed by atoms with Crippen LogP contribution in [-0.4, -0.2) is 31.7 Å². The zero-order chi connectivity index (χ0) is 18.1. The van der Waals surface area contributed by atoms with Crippen LogP contribution >= 0.6 is 0 Å². The summed E-state index contributed by atoms with van der Waals surface area (Å²) in [5.41, 5.74) is 1.33. The summed E-state index contributed by atoms with van der Waals surface area (Å²) in [4.78, 5) is 3.25. The second-order valence-electron chi connectivity index (χ2n) is 6.25. The monoisotopic (exact) mass is 417 g/mol. The van der Waals surface area contributed by atoms with Gasteiger partial charge in [-0.15, -0.1) is 0 Å². The van der Waals surface area contributed by atoms with E-state index in [4.69, 9.17) is 0 Å². The quantitative estimate of drug-likeness (QED) is 0.396. The molecule has 0 aromatic heterocycles. The molecule has 0 unspecified atom stereocenters. The van der Waals surface area contributed by atoms with Gasteiger partial charge in [0.15, 0.2) is 0 Å². The van der Waals surface area contributed by atoms with Crippen molar-refractivity contribution in [3.8, 4) is 0 Å². The van der Waals surface area contributed by atoms with Crippen LogP contribution in [0, 0.1) is 0 Å². The van der Waals surface area contributed by atoms with Crippen LogP contribution < -0.4 is 59.1 Å². The van der Waals surface area contributed by atoms with E-state index in [9.17, 15) is 25.9 Å². The van der Waals surface area contributed by atoms with Crippen molar-refractivity contribution in [1.82, 2.24) is 0 Å². The van der Waals surface area contributed by atoms with Gasteiger partial charge in [0.2, 0.25) is 0 Å². The number of benzene rings is 2. The van der Waals surface area contributed by atoms with Crippen LogP contribution in [0.15, 0.2) is 39.0 Å². The number of hydrogen-bond donors (Lipinski definition) is 2. The molecule has 26 heavy (non-hydrogen) atoms. The molecule has 0 atom stereocenters. The predicted molar refractivity (Wildman–Crippen MR) is 91.6 cm³/mol. The molecular weight excluding hydrogens is 400 g/mol. The van der Waals surface area contributed by atoms with Crippen LogP contribution in [0.1, 0.15) is 29.2 Å². The predicted octanol–water partition coefficient (Wildman–Crippen LogP) is -3.05. The van der Waals surface area contributed by atoms with E-state index >= 15 is 0 Å². The van der Waals surface area contributed by atoms with Gasteiger partial charge in [-0.3, -0.25) is 14.1 Å². The summed E-state index contributed by atoms with van der Waals surface area (Å²) < 4.78 is 65.4. The fraction of sp³-hybridized carbons (Fsp3) is 0.267. The molecule has 0 spiro atoms. The van der Waals surface area contributed by atoms with Crippen molar-refractivity contribution in [3.63, 3.8) is 0 Å². The van der Waals surface area contributed by atoms with Crippen LogP contribution in [0.25, 0.3) is 10.8 Å². The fourth-order valence-corrected chi connectivity index (χ4v) is 4.34. The minimum atomic E-state index is -4.73. The minimum Gasteiger partial charge on any atom is -1.00 e. The van der Waals surface area contributed by atoms with Crippen molar-refractivity contribution in [2.45, 2.75) is 36.0 Å². The van der Waals surface area contributed by atoms with Crippen LogP contribution in [0.4, 0.5) is 5.69 Å².